The second-order valence-corrected chi connectivity index (χ2v) is 11.5. The van der Waals surface area contributed by atoms with E-state index in [1.165, 1.54) is 38.3 Å². The van der Waals surface area contributed by atoms with Gasteiger partial charge in [0.25, 0.3) is 5.91 Å². The monoisotopic (exact) mass is 662 g/mol. The summed E-state index contributed by atoms with van der Waals surface area (Å²) in [7, 11) is 1.38. The largest absolute Gasteiger partial charge is 0.496 e. The highest BCUT2D eigenvalue weighted by atomic mass is 19.4. The van der Waals surface area contributed by atoms with Crippen molar-refractivity contribution in [3.63, 3.8) is 0 Å². The standard InChI is InChI=1S/C32H34F4N4O7/c1-30(29(37)42)17-47-27-23(30)14-25(39-26(27)19-5-7-22(33)8-6-19)31(43,32(34,35)36)16-38-28(41)20-3-4-21(24(13-20)44-2)15-46-18-40-9-11-45-12-10-40/h3-8,13-14,43H,9-12,15-18H2,1-2H3,(H2,37,42)(H,38,41)/t30-,31?/m0/s1. The van der Waals surface area contributed by atoms with Gasteiger partial charge in [-0.15, -0.1) is 0 Å². The molecule has 3 aromatic rings. The van der Waals surface area contributed by atoms with Crippen LogP contribution in [0.25, 0.3) is 11.3 Å². The number of carbonyl (C=O) groups is 2. The van der Waals surface area contributed by atoms with Gasteiger partial charge in [0, 0.05) is 35.3 Å². The Kier molecular flexibility index (Phi) is 9.73. The molecule has 0 saturated carbocycles. The maximum Gasteiger partial charge on any atom is 0.424 e. The molecule has 2 atom stereocenters. The fourth-order valence-corrected chi connectivity index (χ4v) is 5.27. The van der Waals surface area contributed by atoms with E-state index in [2.05, 4.69) is 15.2 Å². The summed E-state index contributed by atoms with van der Waals surface area (Å²) in [5.41, 5.74) is -0.100. The second-order valence-electron chi connectivity index (χ2n) is 11.5. The average Bonchev–Trinajstić information content (AvgIpc) is 3.41. The number of rotatable bonds is 11. The fraction of sp³-hybridized carbons (Fsp3) is 0.406. The molecule has 2 amide bonds. The number of halogens is 4. The van der Waals surface area contributed by atoms with Crippen molar-refractivity contribution in [3.8, 4) is 22.8 Å². The van der Waals surface area contributed by atoms with Crippen LogP contribution in [0.3, 0.4) is 0 Å². The van der Waals surface area contributed by atoms with E-state index < -0.39 is 47.1 Å². The summed E-state index contributed by atoms with van der Waals surface area (Å²) in [5.74, 6) is -2.18. The highest BCUT2D eigenvalue weighted by Gasteiger charge is 2.57. The van der Waals surface area contributed by atoms with Crippen LogP contribution in [0, 0.1) is 5.82 Å². The summed E-state index contributed by atoms with van der Waals surface area (Å²) < 4.78 is 79.9. The number of aromatic nitrogens is 1. The van der Waals surface area contributed by atoms with Gasteiger partial charge in [-0.2, -0.15) is 13.2 Å². The first kappa shape index (κ1) is 34.0. The molecule has 2 aliphatic rings. The molecule has 0 spiro atoms. The van der Waals surface area contributed by atoms with Gasteiger partial charge < -0.3 is 35.1 Å². The average molecular weight is 663 g/mol. The summed E-state index contributed by atoms with van der Waals surface area (Å²) in [6.07, 6.45) is -5.36. The Hall–Kier alpha value is -4.31. The van der Waals surface area contributed by atoms with E-state index in [4.69, 9.17) is 24.7 Å². The molecule has 15 heteroatoms. The number of morpholine rings is 1. The molecule has 0 bridgehead atoms. The van der Waals surface area contributed by atoms with Gasteiger partial charge in [0.15, 0.2) is 0 Å². The van der Waals surface area contributed by atoms with E-state index in [1.807, 2.05) is 0 Å². The number of hydrogen-bond donors (Lipinski definition) is 3. The van der Waals surface area contributed by atoms with Crippen LogP contribution in [0.1, 0.15) is 34.1 Å². The number of carbonyl (C=O) groups excluding carboxylic acids is 2. The van der Waals surface area contributed by atoms with Gasteiger partial charge in [-0.05, 0) is 49.4 Å². The molecule has 0 radical (unpaired) electrons. The summed E-state index contributed by atoms with van der Waals surface area (Å²) in [6, 6.07) is 9.89. The first-order chi connectivity index (χ1) is 22.3. The number of primary amides is 1. The first-order valence-electron chi connectivity index (χ1n) is 14.6. The van der Waals surface area contributed by atoms with Crippen LogP contribution in [0.5, 0.6) is 11.5 Å². The number of aliphatic hydroxyl groups is 1. The van der Waals surface area contributed by atoms with Gasteiger partial charge in [-0.25, -0.2) is 9.37 Å². The number of pyridine rings is 1. The minimum Gasteiger partial charge on any atom is -0.496 e. The third-order valence-electron chi connectivity index (χ3n) is 8.32. The Morgan fingerprint density at radius 2 is 1.83 bits per heavy atom. The number of nitrogens with one attached hydrogen (secondary N) is 1. The van der Waals surface area contributed by atoms with Crippen molar-refractivity contribution >= 4 is 11.8 Å². The zero-order chi connectivity index (χ0) is 34.0. The van der Waals surface area contributed by atoms with Crippen molar-refractivity contribution in [1.82, 2.24) is 15.2 Å². The van der Waals surface area contributed by atoms with E-state index in [-0.39, 0.29) is 47.1 Å². The number of benzene rings is 2. The Labute approximate surface area is 267 Å². The van der Waals surface area contributed by atoms with Gasteiger partial charge in [0.1, 0.15) is 35.0 Å². The number of nitrogens with two attached hydrogens (primary N) is 1. The van der Waals surface area contributed by atoms with Gasteiger partial charge in [0.2, 0.25) is 11.5 Å². The minimum absolute atomic E-state index is 0.0312. The van der Waals surface area contributed by atoms with Crippen molar-refractivity contribution in [2.45, 2.75) is 30.7 Å². The molecule has 252 valence electrons. The quantitative estimate of drug-likeness (QED) is 0.264. The number of methoxy groups -OCH3 is 1. The lowest BCUT2D eigenvalue weighted by Gasteiger charge is -2.31. The molecule has 5 rings (SSSR count). The summed E-state index contributed by atoms with van der Waals surface area (Å²) in [4.78, 5) is 31.7. The van der Waals surface area contributed by atoms with Gasteiger partial charge in [0.05, 0.1) is 45.9 Å². The summed E-state index contributed by atoms with van der Waals surface area (Å²) in [5, 5.41) is 13.4. The molecule has 2 aromatic carbocycles. The maximum absolute atomic E-state index is 14.7. The van der Waals surface area contributed by atoms with Crippen LogP contribution in [0.15, 0.2) is 48.5 Å². The highest BCUT2D eigenvalue weighted by molar-refractivity contribution is 5.95. The first-order valence-corrected chi connectivity index (χ1v) is 14.6. The summed E-state index contributed by atoms with van der Waals surface area (Å²) >= 11 is 0. The number of fused-ring (bicyclic) bond motifs is 1. The second kappa shape index (κ2) is 13.4. The Balaban J connectivity index is 1.41. The van der Waals surface area contributed by atoms with Crippen LogP contribution >= 0.6 is 0 Å². The molecule has 1 saturated heterocycles. The number of ether oxygens (including phenoxy) is 4. The van der Waals surface area contributed by atoms with E-state index in [0.29, 0.717) is 25.5 Å². The third-order valence-corrected chi connectivity index (χ3v) is 8.32. The molecule has 11 nitrogen and oxygen atoms in total. The molecule has 1 unspecified atom stereocenters. The SMILES string of the molecule is COc1cc(C(=O)NCC(O)(c2cc3c(c(-c4ccc(F)cc4)n2)OC[C@]3(C)C(N)=O)C(F)(F)F)ccc1COCN1CCOCC1. The number of amides is 2. The number of alkyl halides is 3. The molecular formula is C32H34F4N4O7. The lowest BCUT2D eigenvalue weighted by molar-refractivity contribution is -0.265. The van der Waals surface area contributed by atoms with Crippen LogP contribution < -0.4 is 20.5 Å². The maximum atomic E-state index is 14.7. The molecule has 4 N–H and O–H groups in total. The van der Waals surface area contributed by atoms with Crippen LogP contribution in [0.4, 0.5) is 17.6 Å². The molecule has 0 aliphatic carbocycles. The zero-order valence-electron chi connectivity index (χ0n) is 25.7. The smallest absolute Gasteiger partial charge is 0.424 e. The third kappa shape index (κ3) is 6.88. The van der Waals surface area contributed by atoms with Crippen LogP contribution in [-0.2, 0) is 31.9 Å². The van der Waals surface area contributed by atoms with E-state index >= 15 is 0 Å². The topological polar surface area (TPSA) is 145 Å². The van der Waals surface area contributed by atoms with Crippen molar-refractivity contribution in [2.75, 3.05) is 53.3 Å². The Morgan fingerprint density at radius 1 is 1.13 bits per heavy atom. The van der Waals surface area contributed by atoms with Crippen molar-refractivity contribution in [1.29, 1.82) is 0 Å². The van der Waals surface area contributed by atoms with Crippen LogP contribution in [-0.4, -0.2) is 86.3 Å². The Morgan fingerprint density at radius 3 is 2.47 bits per heavy atom. The van der Waals surface area contributed by atoms with Crippen molar-refractivity contribution in [3.05, 3.63) is 76.7 Å². The zero-order valence-corrected chi connectivity index (χ0v) is 25.7. The molecule has 47 heavy (non-hydrogen) atoms. The number of nitrogens with zero attached hydrogens (tertiary/aromatic N) is 2. The van der Waals surface area contributed by atoms with Gasteiger partial charge in [-0.1, -0.05) is 6.07 Å². The molecule has 1 aromatic heterocycles. The molecule has 2 aliphatic heterocycles. The van der Waals surface area contributed by atoms with Crippen molar-refractivity contribution in [2.24, 2.45) is 5.73 Å². The van der Waals surface area contributed by atoms with Gasteiger partial charge >= 0.3 is 6.18 Å². The predicted octanol–water partition coefficient (Wildman–Crippen LogP) is 3.02. The highest BCUT2D eigenvalue weighted by Crippen LogP contribution is 2.47. The minimum atomic E-state index is -5.36. The van der Waals surface area contributed by atoms with Crippen LogP contribution in [0.2, 0.25) is 0 Å². The predicted molar refractivity (Wildman–Crippen MR) is 159 cm³/mol. The van der Waals surface area contributed by atoms with Gasteiger partial charge in [-0.3, -0.25) is 14.5 Å². The lowest BCUT2D eigenvalue weighted by atomic mass is 9.81. The fourth-order valence-electron chi connectivity index (χ4n) is 5.27. The van der Waals surface area contributed by atoms with E-state index in [0.717, 1.165) is 31.3 Å². The number of hydrogen-bond acceptors (Lipinski definition) is 9. The molecule has 3 heterocycles. The van der Waals surface area contributed by atoms with E-state index in [9.17, 15) is 32.3 Å². The lowest BCUT2D eigenvalue weighted by Crippen LogP contribution is -2.51. The molecular weight excluding hydrogens is 628 g/mol. The van der Waals surface area contributed by atoms with Crippen molar-refractivity contribution < 1.29 is 51.2 Å². The van der Waals surface area contributed by atoms with E-state index in [1.54, 1.807) is 6.07 Å². The molecule has 1 fully saturated rings. The Bertz CT molecular complexity index is 1630. The normalized spacial score (nSPS) is 19.4. The summed E-state index contributed by atoms with van der Waals surface area (Å²) in [6.45, 7) is 2.94.